The molecule has 2 rings (SSSR count). The molecule has 0 atom stereocenters. The first-order valence-corrected chi connectivity index (χ1v) is 9.17. The van der Waals surface area contributed by atoms with E-state index in [1.807, 2.05) is 45.0 Å². The number of hydrogen-bond donors (Lipinski definition) is 1. The van der Waals surface area contributed by atoms with Crippen molar-refractivity contribution < 1.29 is 17.9 Å². The maximum absolute atomic E-state index is 12.4. The minimum absolute atomic E-state index is 0.136. The number of methoxy groups -OCH3 is 1. The Labute approximate surface area is 143 Å². The van der Waals surface area contributed by atoms with Crippen LogP contribution < -0.4 is 14.2 Å². The van der Waals surface area contributed by atoms with Crippen LogP contribution in [0.4, 0.5) is 0 Å². The van der Waals surface area contributed by atoms with Crippen molar-refractivity contribution in [3.8, 4) is 11.5 Å². The molecule has 5 nitrogen and oxygen atoms in total. The predicted octanol–water partition coefficient (Wildman–Crippen LogP) is 2.98. The third-order valence-corrected chi connectivity index (χ3v) is 5.30. The highest BCUT2D eigenvalue weighted by molar-refractivity contribution is 7.89. The van der Waals surface area contributed by atoms with Crippen molar-refractivity contribution in [1.82, 2.24) is 4.72 Å². The van der Waals surface area contributed by atoms with E-state index in [0.29, 0.717) is 5.75 Å². The molecule has 0 heterocycles. The number of benzene rings is 2. The summed E-state index contributed by atoms with van der Waals surface area (Å²) in [7, 11) is -2.20. The van der Waals surface area contributed by atoms with Gasteiger partial charge in [-0.3, -0.25) is 0 Å². The third kappa shape index (κ3) is 4.27. The number of nitrogens with one attached hydrogen (secondary N) is 1. The summed E-state index contributed by atoms with van der Waals surface area (Å²) in [5.74, 6) is 1.09. The lowest BCUT2D eigenvalue weighted by atomic mass is 10.1. The van der Waals surface area contributed by atoms with Crippen LogP contribution >= 0.6 is 0 Å². The van der Waals surface area contributed by atoms with Gasteiger partial charge < -0.3 is 9.47 Å². The number of rotatable bonds is 7. The molecule has 0 bridgehead atoms. The Kier molecular flexibility index (Phi) is 5.85. The molecule has 0 aliphatic carbocycles. The van der Waals surface area contributed by atoms with Gasteiger partial charge >= 0.3 is 0 Å². The Morgan fingerprint density at radius 1 is 1.04 bits per heavy atom. The summed E-state index contributed by atoms with van der Waals surface area (Å²) < 4.78 is 38.3. The van der Waals surface area contributed by atoms with Crippen LogP contribution in [0.15, 0.2) is 41.3 Å². The van der Waals surface area contributed by atoms with Crippen molar-refractivity contribution in [2.75, 3.05) is 20.3 Å². The predicted molar refractivity (Wildman–Crippen MR) is 94.3 cm³/mol. The molecule has 0 radical (unpaired) electrons. The monoisotopic (exact) mass is 349 g/mol. The van der Waals surface area contributed by atoms with Gasteiger partial charge in [-0.05, 0) is 55.7 Å². The summed E-state index contributed by atoms with van der Waals surface area (Å²) in [4.78, 5) is 0.136. The van der Waals surface area contributed by atoms with Gasteiger partial charge in [0.2, 0.25) is 10.0 Å². The molecule has 2 aromatic carbocycles. The van der Waals surface area contributed by atoms with Crippen LogP contribution in [0.5, 0.6) is 11.5 Å². The molecule has 0 aliphatic heterocycles. The number of hydrogen-bond acceptors (Lipinski definition) is 4. The van der Waals surface area contributed by atoms with E-state index in [9.17, 15) is 8.42 Å². The summed E-state index contributed by atoms with van der Waals surface area (Å²) in [5.41, 5.74) is 3.04. The second-order valence-electron chi connectivity index (χ2n) is 5.60. The molecule has 0 unspecified atom stereocenters. The zero-order valence-electron chi connectivity index (χ0n) is 14.4. The van der Waals surface area contributed by atoms with Crippen molar-refractivity contribution in [1.29, 1.82) is 0 Å². The van der Waals surface area contributed by atoms with E-state index >= 15 is 0 Å². The van der Waals surface area contributed by atoms with E-state index in [4.69, 9.17) is 9.47 Å². The highest BCUT2D eigenvalue weighted by Gasteiger charge is 2.19. The topological polar surface area (TPSA) is 64.6 Å². The van der Waals surface area contributed by atoms with Gasteiger partial charge in [0, 0.05) is 6.54 Å². The van der Waals surface area contributed by atoms with Crippen molar-refractivity contribution in [2.45, 2.75) is 25.7 Å². The van der Waals surface area contributed by atoms with Gasteiger partial charge in [-0.1, -0.05) is 18.2 Å². The highest BCUT2D eigenvalue weighted by Crippen LogP contribution is 2.24. The molecule has 0 aliphatic rings. The fraction of sp³-hybridized carbons (Fsp3) is 0.333. The maximum Gasteiger partial charge on any atom is 0.244 e. The maximum atomic E-state index is 12.4. The molecule has 0 saturated heterocycles. The Balaban J connectivity index is 2.01. The van der Waals surface area contributed by atoms with Crippen molar-refractivity contribution in [3.05, 3.63) is 53.1 Å². The van der Waals surface area contributed by atoms with Crippen LogP contribution in [0.1, 0.15) is 16.7 Å². The second kappa shape index (κ2) is 7.68. The Morgan fingerprint density at radius 3 is 2.50 bits per heavy atom. The van der Waals surface area contributed by atoms with Crippen LogP contribution in [0.25, 0.3) is 0 Å². The molecule has 6 heteroatoms. The molecule has 24 heavy (non-hydrogen) atoms. The minimum atomic E-state index is -3.65. The van der Waals surface area contributed by atoms with E-state index < -0.39 is 10.0 Å². The fourth-order valence-corrected chi connectivity index (χ4v) is 3.55. The Hall–Kier alpha value is -2.05. The number of sulfonamides is 1. The third-order valence-electron chi connectivity index (χ3n) is 3.82. The fourth-order valence-electron chi connectivity index (χ4n) is 2.29. The smallest absolute Gasteiger partial charge is 0.244 e. The summed E-state index contributed by atoms with van der Waals surface area (Å²) >= 11 is 0. The summed E-state index contributed by atoms with van der Waals surface area (Å²) in [5, 5.41) is 0. The molecular formula is C18H23NO4S. The molecule has 0 fully saturated rings. The van der Waals surface area contributed by atoms with Crippen LogP contribution in [0, 0.1) is 20.8 Å². The zero-order valence-corrected chi connectivity index (χ0v) is 15.2. The van der Waals surface area contributed by atoms with Crippen molar-refractivity contribution >= 4 is 10.0 Å². The van der Waals surface area contributed by atoms with E-state index in [1.54, 1.807) is 12.1 Å². The van der Waals surface area contributed by atoms with E-state index in [2.05, 4.69) is 4.72 Å². The Morgan fingerprint density at radius 2 is 1.79 bits per heavy atom. The number of ether oxygens (including phenoxy) is 2. The normalized spacial score (nSPS) is 11.3. The minimum Gasteiger partial charge on any atom is -0.495 e. The zero-order chi connectivity index (χ0) is 17.7. The van der Waals surface area contributed by atoms with E-state index in [1.165, 1.54) is 7.11 Å². The average molecular weight is 349 g/mol. The first kappa shape index (κ1) is 18.3. The van der Waals surface area contributed by atoms with E-state index in [0.717, 1.165) is 22.4 Å². The first-order valence-electron chi connectivity index (χ1n) is 7.68. The summed E-state index contributed by atoms with van der Waals surface area (Å²) in [6.07, 6.45) is 0. The van der Waals surface area contributed by atoms with Gasteiger partial charge in [0.15, 0.2) is 0 Å². The summed E-state index contributed by atoms with van der Waals surface area (Å²) in [6, 6.07) is 10.8. The number of aryl methyl sites for hydroxylation is 2. The van der Waals surface area contributed by atoms with Gasteiger partial charge in [0.05, 0.1) is 7.11 Å². The largest absolute Gasteiger partial charge is 0.495 e. The van der Waals surface area contributed by atoms with Crippen LogP contribution in [-0.4, -0.2) is 28.7 Å². The summed E-state index contributed by atoms with van der Waals surface area (Å²) in [6.45, 7) is 6.24. The van der Waals surface area contributed by atoms with Gasteiger partial charge in [0.25, 0.3) is 0 Å². The molecule has 1 N–H and O–H groups in total. The van der Waals surface area contributed by atoms with Crippen LogP contribution in [-0.2, 0) is 10.0 Å². The standard InChI is InChI=1S/C18H23NO4S/c1-13-8-9-17(22-4)18(12-13)24(20,21)19-10-11-23-16-7-5-6-14(2)15(16)3/h5-9,12,19H,10-11H2,1-4H3. The lowest BCUT2D eigenvalue weighted by molar-refractivity contribution is 0.320. The SMILES string of the molecule is COc1ccc(C)cc1S(=O)(=O)NCCOc1cccc(C)c1C. The molecular weight excluding hydrogens is 326 g/mol. The average Bonchev–Trinajstić information content (AvgIpc) is 2.55. The van der Waals surface area contributed by atoms with Gasteiger partial charge in [-0.15, -0.1) is 0 Å². The van der Waals surface area contributed by atoms with Crippen LogP contribution in [0.3, 0.4) is 0 Å². The highest BCUT2D eigenvalue weighted by atomic mass is 32.2. The molecule has 0 spiro atoms. The van der Waals surface area contributed by atoms with Crippen molar-refractivity contribution in [2.24, 2.45) is 0 Å². The first-order chi connectivity index (χ1) is 11.3. The van der Waals surface area contributed by atoms with Crippen molar-refractivity contribution in [3.63, 3.8) is 0 Å². The molecule has 0 aromatic heterocycles. The van der Waals surface area contributed by atoms with Gasteiger partial charge in [-0.25, -0.2) is 13.1 Å². The molecule has 0 saturated carbocycles. The molecule has 2 aromatic rings. The lowest BCUT2D eigenvalue weighted by Crippen LogP contribution is -2.28. The van der Waals surface area contributed by atoms with Crippen LogP contribution in [0.2, 0.25) is 0 Å². The van der Waals surface area contributed by atoms with Gasteiger partial charge in [-0.2, -0.15) is 0 Å². The quantitative estimate of drug-likeness (QED) is 0.781. The molecule has 0 amide bonds. The van der Waals surface area contributed by atoms with Gasteiger partial charge in [0.1, 0.15) is 23.0 Å². The lowest BCUT2D eigenvalue weighted by Gasteiger charge is -2.13. The second-order valence-corrected chi connectivity index (χ2v) is 7.33. The Bertz CT molecular complexity index is 816. The molecule has 130 valence electrons. The van der Waals surface area contributed by atoms with E-state index in [-0.39, 0.29) is 18.0 Å².